The average molecular weight is 353 g/mol. The molecule has 0 amide bonds. The molecule has 0 aliphatic heterocycles. The van der Waals surface area contributed by atoms with Gasteiger partial charge in [0, 0.05) is 11.3 Å². The summed E-state index contributed by atoms with van der Waals surface area (Å²) in [5.74, 6) is 1.05. The zero-order chi connectivity index (χ0) is 17.5. The van der Waals surface area contributed by atoms with Crippen LogP contribution >= 0.6 is 11.6 Å². The van der Waals surface area contributed by atoms with E-state index in [9.17, 15) is 10.2 Å². The van der Waals surface area contributed by atoms with E-state index in [0.717, 1.165) is 30.6 Å². The van der Waals surface area contributed by atoms with Crippen molar-refractivity contribution >= 4 is 11.6 Å². The summed E-state index contributed by atoms with van der Waals surface area (Å²) in [7, 11) is 0. The van der Waals surface area contributed by atoms with Crippen molar-refractivity contribution in [3.05, 3.63) is 42.0 Å². The second-order valence-corrected chi connectivity index (χ2v) is 7.26. The van der Waals surface area contributed by atoms with E-state index in [1.165, 1.54) is 0 Å². The van der Waals surface area contributed by atoms with E-state index in [4.69, 9.17) is 16.3 Å². The largest absolute Gasteiger partial charge is 0.493 e. The Bertz CT molecular complexity index is 512. The fourth-order valence-electron chi connectivity index (χ4n) is 3.26. The zero-order valence-electron chi connectivity index (χ0n) is 14.6. The van der Waals surface area contributed by atoms with E-state index in [1.807, 2.05) is 24.3 Å². The molecule has 0 aromatic heterocycles. The topological polar surface area (TPSA) is 49.7 Å². The lowest BCUT2D eigenvalue weighted by atomic mass is 9.92. The van der Waals surface area contributed by atoms with Gasteiger partial charge in [-0.05, 0) is 49.8 Å². The SMILES string of the molecule is CCC/C=C\C[C@@H]1[C@@H](COc2ccc(C(C)O)cc2)[C@H](O)C[C@H]1Cl. The minimum absolute atomic E-state index is 0.00232. The fourth-order valence-corrected chi connectivity index (χ4v) is 3.74. The molecule has 1 saturated carbocycles. The van der Waals surface area contributed by atoms with Gasteiger partial charge in [-0.25, -0.2) is 0 Å². The number of aliphatic hydroxyl groups excluding tert-OH is 2. The van der Waals surface area contributed by atoms with Crippen LogP contribution in [0.15, 0.2) is 36.4 Å². The van der Waals surface area contributed by atoms with Crippen molar-refractivity contribution in [1.29, 1.82) is 0 Å². The summed E-state index contributed by atoms with van der Waals surface area (Å²) in [6.45, 7) is 4.36. The number of unbranched alkanes of at least 4 members (excludes halogenated alkanes) is 1. The summed E-state index contributed by atoms with van der Waals surface area (Å²) >= 11 is 6.44. The van der Waals surface area contributed by atoms with E-state index in [1.54, 1.807) is 6.92 Å². The molecule has 1 aromatic rings. The van der Waals surface area contributed by atoms with Crippen LogP contribution in [0.3, 0.4) is 0 Å². The third-order valence-corrected chi connectivity index (χ3v) is 5.31. The minimum Gasteiger partial charge on any atom is -0.493 e. The molecule has 3 nitrogen and oxygen atoms in total. The molecule has 134 valence electrons. The summed E-state index contributed by atoms with van der Waals surface area (Å²) in [5, 5.41) is 19.8. The lowest BCUT2D eigenvalue weighted by molar-refractivity contribution is 0.0807. The molecule has 0 heterocycles. The molecule has 2 rings (SSSR count). The Balaban J connectivity index is 1.92. The lowest BCUT2D eigenvalue weighted by Gasteiger charge is -2.22. The maximum atomic E-state index is 10.3. The number of rotatable bonds is 8. The first-order valence-corrected chi connectivity index (χ1v) is 9.34. The smallest absolute Gasteiger partial charge is 0.119 e. The predicted octanol–water partition coefficient (Wildman–Crippen LogP) is 4.47. The van der Waals surface area contributed by atoms with Gasteiger partial charge in [0.25, 0.3) is 0 Å². The molecule has 1 aliphatic rings. The predicted molar refractivity (Wildman–Crippen MR) is 98.5 cm³/mol. The van der Waals surface area contributed by atoms with Crippen molar-refractivity contribution < 1.29 is 14.9 Å². The molecule has 1 aliphatic carbocycles. The van der Waals surface area contributed by atoms with Gasteiger partial charge in [-0.2, -0.15) is 0 Å². The van der Waals surface area contributed by atoms with Crippen LogP contribution in [0, 0.1) is 11.8 Å². The quantitative estimate of drug-likeness (QED) is 0.536. The molecule has 0 bridgehead atoms. The summed E-state index contributed by atoms with van der Waals surface area (Å²) in [4.78, 5) is 0. The summed E-state index contributed by atoms with van der Waals surface area (Å²) < 4.78 is 5.88. The normalized spacial score (nSPS) is 28.4. The van der Waals surface area contributed by atoms with Gasteiger partial charge in [0.1, 0.15) is 5.75 Å². The molecule has 0 spiro atoms. The van der Waals surface area contributed by atoms with E-state index in [0.29, 0.717) is 13.0 Å². The maximum Gasteiger partial charge on any atom is 0.119 e. The molecule has 1 aromatic carbocycles. The highest BCUT2D eigenvalue weighted by molar-refractivity contribution is 6.21. The zero-order valence-corrected chi connectivity index (χ0v) is 15.3. The maximum absolute atomic E-state index is 10.3. The summed E-state index contributed by atoms with van der Waals surface area (Å²) in [6.07, 6.45) is 7.24. The van der Waals surface area contributed by atoms with E-state index >= 15 is 0 Å². The van der Waals surface area contributed by atoms with Crippen LogP contribution in [0.1, 0.15) is 51.2 Å². The van der Waals surface area contributed by atoms with Crippen molar-refractivity contribution in [3.8, 4) is 5.75 Å². The van der Waals surface area contributed by atoms with Gasteiger partial charge >= 0.3 is 0 Å². The Morgan fingerprint density at radius 2 is 1.96 bits per heavy atom. The highest BCUT2D eigenvalue weighted by atomic mass is 35.5. The molecule has 1 fully saturated rings. The first kappa shape index (κ1) is 19.3. The van der Waals surface area contributed by atoms with Gasteiger partial charge < -0.3 is 14.9 Å². The van der Waals surface area contributed by atoms with Crippen LogP contribution in [-0.4, -0.2) is 28.3 Å². The van der Waals surface area contributed by atoms with Gasteiger partial charge in [-0.1, -0.05) is 37.6 Å². The number of ether oxygens (including phenoxy) is 1. The summed E-state index contributed by atoms with van der Waals surface area (Å²) in [5.41, 5.74) is 0.864. The molecule has 24 heavy (non-hydrogen) atoms. The van der Waals surface area contributed by atoms with Gasteiger partial charge in [0.2, 0.25) is 0 Å². The van der Waals surface area contributed by atoms with E-state index in [2.05, 4.69) is 19.1 Å². The van der Waals surface area contributed by atoms with Crippen molar-refractivity contribution in [3.63, 3.8) is 0 Å². The van der Waals surface area contributed by atoms with Gasteiger partial charge in [-0.3, -0.25) is 0 Å². The number of aliphatic hydroxyl groups is 2. The van der Waals surface area contributed by atoms with Crippen LogP contribution in [-0.2, 0) is 0 Å². The van der Waals surface area contributed by atoms with Crippen LogP contribution in [0.5, 0.6) is 5.75 Å². The lowest BCUT2D eigenvalue weighted by Crippen LogP contribution is -2.27. The van der Waals surface area contributed by atoms with Crippen molar-refractivity contribution in [2.75, 3.05) is 6.61 Å². The Morgan fingerprint density at radius 3 is 2.58 bits per heavy atom. The highest BCUT2D eigenvalue weighted by Gasteiger charge is 2.41. The van der Waals surface area contributed by atoms with Crippen LogP contribution < -0.4 is 4.74 Å². The van der Waals surface area contributed by atoms with Gasteiger partial charge in [0.15, 0.2) is 0 Å². The Morgan fingerprint density at radius 1 is 1.25 bits per heavy atom. The number of halogens is 1. The fraction of sp³-hybridized carbons (Fsp3) is 0.600. The van der Waals surface area contributed by atoms with Gasteiger partial charge in [0.05, 0.1) is 18.8 Å². The number of allylic oxidation sites excluding steroid dienone is 2. The Labute approximate surface area is 150 Å². The highest BCUT2D eigenvalue weighted by Crippen LogP contribution is 2.39. The molecular formula is C20H29ClO3. The minimum atomic E-state index is -0.480. The Kier molecular flexibility index (Phi) is 7.60. The van der Waals surface area contributed by atoms with Crippen LogP contribution in [0.4, 0.5) is 0 Å². The molecule has 0 saturated heterocycles. The molecule has 0 radical (unpaired) electrons. The average Bonchev–Trinajstić information content (AvgIpc) is 2.83. The van der Waals surface area contributed by atoms with Crippen LogP contribution in [0.2, 0.25) is 0 Å². The van der Waals surface area contributed by atoms with E-state index < -0.39 is 12.2 Å². The summed E-state index contributed by atoms with van der Waals surface area (Å²) in [6, 6.07) is 7.44. The number of hydrogen-bond donors (Lipinski definition) is 2. The number of benzene rings is 1. The molecule has 5 atom stereocenters. The van der Waals surface area contributed by atoms with Crippen molar-refractivity contribution in [2.24, 2.45) is 11.8 Å². The molecule has 1 unspecified atom stereocenters. The molecule has 4 heteroatoms. The monoisotopic (exact) mass is 352 g/mol. The van der Waals surface area contributed by atoms with Crippen molar-refractivity contribution in [2.45, 2.75) is 57.1 Å². The molecule has 2 N–H and O–H groups in total. The van der Waals surface area contributed by atoms with Gasteiger partial charge in [-0.15, -0.1) is 11.6 Å². The standard InChI is InChI=1S/C20H29ClO3/c1-3-4-5-6-7-17-18(20(23)12-19(17)21)13-24-16-10-8-15(9-11-16)14(2)22/h5-6,8-11,14,17-20,22-23H,3-4,7,12-13H2,1-2H3/b6-5-/t14?,17-,18-,19-,20-/m1/s1. The first-order chi connectivity index (χ1) is 11.5. The second-order valence-electron chi connectivity index (χ2n) is 6.70. The third kappa shape index (κ3) is 5.23. The number of alkyl halides is 1. The molecular weight excluding hydrogens is 324 g/mol. The second kappa shape index (κ2) is 9.45. The van der Waals surface area contributed by atoms with E-state index in [-0.39, 0.29) is 17.2 Å². The third-order valence-electron chi connectivity index (χ3n) is 4.81. The van der Waals surface area contributed by atoms with Crippen LogP contribution in [0.25, 0.3) is 0 Å². The number of hydrogen-bond acceptors (Lipinski definition) is 3. The Hall–Kier alpha value is -1.03. The first-order valence-electron chi connectivity index (χ1n) is 8.90. The van der Waals surface area contributed by atoms with Crippen molar-refractivity contribution in [1.82, 2.24) is 0 Å².